The Morgan fingerprint density at radius 2 is 2.31 bits per heavy atom. The molecule has 1 rings (SSSR count). The fourth-order valence-electron chi connectivity index (χ4n) is 1.46. The van der Waals surface area contributed by atoms with Gasteiger partial charge in [-0.25, -0.2) is 0 Å². The lowest BCUT2D eigenvalue weighted by molar-refractivity contribution is -0.144. The molecule has 0 spiro atoms. The lowest BCUT2D eigenvalue weighted by atomic mass is 10.3. The van der Waals surface area contributed by atoms with Crippen molar-refractivity contribution in [3.63, 3.8) is 0 Å². The van der Waals surface area contributed by atoms with Crippen molar-refractivity contribution < 1.29 is 9.53 Å². The molecule has 4 heteroatoms. The van der Waals surface area contributed by atoms with Gasteiger partial charge in [0.25, 0.3) is 0 Å². The highest BCUT2D eigenvalue weighted by molar-refractivity contribution is 7.09. The highest BCUT2D eigenvalue weighted by Crippen LogP contribution is 2.09. The third-order valence-corrected chi connectivity index (χ3v) is 3.30. The number of nitrogens with zero attached hydrogens (tertiary/aromatic N) is 1. The normalized spacial score (nSPS) is 10.7. The summed E-state index contributed by atoms with van der Waals surface area (Å²) in [5.74, 6) is -0.129. The van der Waals surface area contributed by atoms with Crippen LogP contribution in [0.4, 0.5) is 0 Å². The number of thiophene rings is 1. The Morgan fingerprint density at radius 3 is 2.88 bits per heavy atom. The van der Waals surface area contributed by atoms with Gasteiger partial charge in [-0.3, -0.25) is 9.69 Å². The number of likely N-dealkylation sites (N-methyl/N-ethyl adjacent to an activating group) is 1. The van der Waals surface area contributed by atoms with Gasteiger partial charge in [0.15, 0.2) is 0 Å². The van der Waals surface area contributed by atoms with E-state index in [0.29, 0.717) is 13.2 Å². The van der Waals surface area contributed by atoms with Crippen molar-refractivity contribution in [1.82, 2.24) is 4.90 Å². The lowest BCUT2D eigenvalue weighted by Crippen LogP contribution is -2.32. The third kappa shape index (κ3) is 4.77. The molecule has 0 unspecified atom stereocenters. The maximum absolute atomic E-state index is 11.3. The van der Waals surface area contributed by atoms with E-state index in [9.17, 15) is 4.79 Å². The number of rotatable bonds is 7. The monoisotopic (exact) mass is 241 g/mol. The number of hydrogen-bond acceptors (Lipinski definition) is 4. The highest BCUT2D eigenvalue weighted by atomic mass is 32.1. The quantitative estimate of drug-likeness (QED) is 0.685. The third-order valence-electron chi connectivity index (χ3n) is 2.36. The molecular weight excluding hydrogens is 222 g/mol. The van der Waals surface area contributed by atoms with Crippen LogP contribution < -0.4 is 0 Å². The summed E-state index contributed by atoms with van der Waals surface area (Å²) >= 11 is 1.76. The number of ether oxygens (including phenoxy) is 1. The first kappa shape index (κ1) is 13.2. The van der Waals surface area contributed by atoms with Crippen molar-refractivity contribution in [2.45, 2.75) is 20.3 Å². The predicted octanol–water partition coefficient (Wildman–Crippen LogP) is 2.18. The van der Waals surface area contributed by atoms with Crippen molar-refractivity contribution >= 4 is 17.3 Å². The minimum atomic E-state index is -0.129. The van der Waals surface area contributed by atoms with E-state index >= 15 is 0 Å². The summed E-state index contributed by atoms with van der Waals surface area (Å²) in [5, 5.41) is 2.08. The molecule has 0 saturated heterocycles. The highest BCUT2D eigenvalue weighted by Gasteiger charge is 2.09. The Kier molecular flexibility index (Phi) is 6.11. The molecule has 0 radical (unpaired) electrons. The smallest absolute Gasteiger partial charge is 0.320 e. The molecule has 0 aliphatic heterocycles. The van der Waals surface area contributed by atoms with Crippen LogP contribution in [0.3, 0.4) is 0 Å². The second-order valence-corrected chi connectivity index (χ2v) is 4.54. The van der Waals surface area contributed by atoms with Gasteiger partial charge in [0.1, 0.15) is 0 Å². The van der Waals surface area contributed by atoms with E-state index in [1.54, 1.807) is 11.3 Å². The Labute approximate surface area is 101 Å². The summed E-state index contributed by atoms with van der Waals surface area (Å²) in [6.07, 6.45) is 1.00. The zero-order valence-electron chi connectivity index (χ0n) is 9.94. The summed E-state index contributed by atoms with van der Waals surface area (Å²) in [7, 11) is 0. The van der Waals surface area contributed by atoms with E-state index in [4.69, 9.17) is 4.74 Å². The van der Waals surface area contributed by atoms with Crippen LogP contribution in [0.15, 0.2) is 17.5 Å². The van der Waals surface area contributed by atoms with E-state index < -0.39 is 0 Å². The van der Waals surface area contributed by atoms with E-state index in [-0.39, 0.29) is 5.97 Å². The fraction of sp³-hybridized carbons (Fsp3) is 0.583. The van der Waals surface area contributed by atoms with Crippen molar-refractivity contribution in [1.29, 1.82) is 0 Å². The van der Waals surface area contributed by atoms with Gasteiger partial charge in [-0.15, -0.1) is 11.3 Å². The van der Waals surface area contributed by atoms with Gasteiger partial charge >= 0.3 is 5.97 Å². The van der Waals surface area contributed by atoms with E-state index in [0.717, 1.165) is 19.5 Å². The molecule has 0 atom stereocenters. The fourth-order valence-corrected chi connectivity index (χ4v) is 2.16. The zero-order valence-corrected chi connectivity index (χ0v) is 10.8. The molecule has 0 amide bonds. The number of hydrogen-bond donors (Lipinski definition) is 0. The van der Waals surface area contributed by atoms with Crippen LogP contribution in [0.5, 0.6) is 0 Å². The first-order chi connectivity index (χ1) is 7.76. The molecule has 0 N–H and O–H groups in total. The van der Waals surface area contributed by atoms with Gasteiger partial charge in [-0.1, -0.05) is 13.0 Å². The second kappa shape index (κ2) is 7.41. The minimum Gasteiger partial charge on any atom is -0.465 e. The Balaban J connectivity index is 2.29. The van der Waals surface area contributed by atoms with Crippen LogP contribution in [0.2, 0.25) is 0 Å². The van der Waals surface area contributed by atoms with E-state index in [1.165, 1.54) is 4.88 Å². The molecule has 0 bridgehead atoms. The standard InChI is InChI=1S/C12H19NO2S/c1-3-13(10-12(14)15-4-2)8-7-11-6-5-9-16-11/h5-6,9H,3-4,7-8,10H2,1-2H3. The van der Waals surface area contributed by atoms with Crippen LogP contribution in [0.25, 0.3) is 0 Å². The molecule has 0 aliphatic carbocycles. The Morgan fingerprint density at radius 1 is 1.50 bits per heavy atom. The van der Waals surface area contributed by atoms with Crippen molar-refractivity contribution in [3.05, 3.63) is 22.4 Å². The van der Waals surface area contributed by atoms with Gasteiger partial charge < -0.3 is 4.74 Å². The molecule has 1 heterocycles. The van der Waals surface area contributed by atoms with Crippen LogP contribution in [-0.2, 0) is 16.0 Å². The number of esters is 1. The van der Waals surface area contributed by atoms with Gasteiger partial charge in [0.05, 0.1) is 13.2 Å². The van der Waals surface area contributed by atoms with E-state index in [2.05, 4.69) is 29.3 Å². The summed E-state index contributed by atoms with van der Waals surface area (Å²) < 4.78 is 4.93. The molecule has 1 aromatic rings. The summed E-state index contributed by atoms with van der Waals surface area (Å²) in [6.45, 7) is 6.55. The molecule has 90 valence electrons. The van der Waals surface area contributed by atoms with Crippen molar-refractivity contribution in [3.8, 4) is 0 Å². The first-order valence-electron chi connectivity index (χ1n) is 5.66. The molecule has 0 saturated carbocycles. The van der Waals surface area contributed by atoms with Gasteiger partial charge in [-0.05, 0) is 31.3 Å². The zero-order chi connectivity index (χ0) is 11.8. The number of carbonyl (C=O) groups excluding carboxylic acids is 1. The largest absolute Gasteiger partial charge is 0.465 e. The molecule has 16 heavy (non-hydrogen) atoms. The first-order valence-corrected chi connectivity index (χ1v) is 6.54. The second-order valence-electron chi connectivity index (χ2n) is 3.50. The number of carbonyl (C=O) groups is 1. The SMILES string of the molecule is CCOC(=O)CN(CC)CCc1cccs1. The van der Waals surface area contributed by atoms with Crippen molar-refractivity contribution in [2.75, 3.05) is 26.2 Å². The Hall–Kier alpha value is -0.870. The maximum Gasteiger partial charge on any atom is 0.320 e. The van der Waals surface area contributed by atoms with Gasteiger partial charge in [0, 0.05) is 11.4 Å². The lowest BCUT2D eigenvalue weighted by Gasteiger charge is -2.18. The molecule has 0 fully saturated rings. The minimum absolute atomic E-state index is 0.129. The molecule has 0 aromatic carbocycles. The van der Waals surface area contributed by atoms with Crippen LogP contribution in [-0.4, -0.2) is 37.1 Å². The average molecular weight is 241 g/mol. The molecular formula is C12H19NO2S. The molecule has 3 nitrogen and oxygen atoms in total. The van der Waals surface area contributed by atoms with Crippen LogP contribution in [0, 0.1) is 0 Å². The van der Waals surface area contributed by atoms with Crippen molar-refractivity contribution in [2.24, 2.45) is 0 Å². The van der Waals surface area contributed by atoms with E-state index in [1.807, 2.05) is 6.92 Å². The molecule has 0 aliphatic rings. The summed E-state index contributed by atoms with van der Waals surface area (Å²) in [4.78, 5) is 14.8. The molecule has 1 aromatic heterocycles. The topological polar surface area (TPSA) is 29.5 Å². The van der Waals surface area contributed by atoms with Crippen LogP contribution >= 0.6 is 11.3 Å². The van der Waals surface area contributed by atoms with Gasteiger partial charge in [-0.2, -0.15) is 0 Å². The van der Waals surface area contributed by atoms with Gasteiger partial charge in [0.2, 0.25) is 0 Å². The maximum atomic E-state index is 11.3. The summed E-state index contributed by atoms with van der Waals surface area (Å²) in [5.41, 5.74) is 0. The average Bonchev–Trinajstić information content (AvgIpc) is 2.77. The predicted molar refractivity (Wildman–Crippen MR) is 66.8 cm³/mol. The summed E-state index contributed by atoms with van der Waals surface area (Å²) in [6, 6.07) is 4.19. The van der Waals surface area contributed by atoms with Crippen LogP contribution in [0.1, 0.15) is 18.7 Å². The Bertz CT molecular complexity index is 298.